The molecule has 0 aliphatic heterocycles. The van der Waals surface area contributed by atoms with Gasteiger partial charge in [-0.05, 0) is 31.4 Å². The number of aliphatic imine (C=N–C) groups is 1. The number of hydrogen-bond donors (Lipinski definition) is 0. The Morgan fingerprint density at radius 2 is 2.06 bits per heavy atom. The zero-order chi connectivity index (χ0) is 11.8. The highest BCUT2D eigenvalue weighted by Crippen LogP contribution is 2.47. The van der Waals surface area contributed by atoms with E-state index in [1.807, 2.05) is 0 Å². The van der Waals surface area contributed by atoms with Crippen molar-refractivity contribution in [1.82, 2.24) is 0 Å². The van der Waals surface area contributed by atoms with Gasteiger partial charge in [0.05, 0.1) is 10.6 Å². The molecule has 1 aromatic carbocycles. The largest absolute Gasteiger partial charge is 0.235 e. The Morgan fingerprint density at radius 1 is 1.38 bits per heavy atom. The molecule has 0 heterocycles. The molecule has 0 bridgehead atoms. The number of halogens is 3. The summed E-state index contributed by atoms with van der Waals surface area (Å²) in [6, 6.07) is 2.23. The SMILES string of the molecule is O=C=NC1(c2c(F)ccc(Cl)c2F)CCC1. The maximum atomic E-state index is 13.7. The topological polar surface area (TPSA) is 29.4 Å². The molecule has 0 radical (unpaired) electrons. The van der Waals surface area contributed by atoms with E-state index in [1.165, 1.54) is 6.08 Å². The molecule has 0 unspecified atom stereocenters. The Labute approximate surface area is 95.9 Å². The highest BCUT2D eigenvalue weighted by Gasteiger charge is 2.43. The van der Waals surface area contributed by atoms with Gasteiger partial charge in [0.2, 0.25) is 6.08 Å². The van der Waals surface area contributed by atoms with E-state index in [0.29, 0.717) is 12.8 Å². The average Bonchev–Trinajstić information content (AvgIpc) is 2.20. The minimum absolute atomic E-state index is 0.163. The van der Waals surface area contributed by atoms with E-state index >= 15 is 0 Å². The van der Waals surface area contributed by atoms with E-state index in [1.54, 1.807) is 0 Å². The minimum Gasteiger partial charge on any atom is -0.211 e. The van der Waals surface area contributed by atoms with Crippen molar-refractivity contribution in [3.05, 3.63) is 34.4 Å². The lowest BCUT2D eigenvalue weighted by atomic mass is 9.72. The first-order chi connectivity index (χ1) is 7.60. The van der Waals surface area contributed by atoms with Gasteiger partial charge in [0.1, 0.15) is 17.2 Å². The smallest absolute Gasteiger partial charge is 0.211 e. The summed E-state index contributed by atoms with van der Waals surface area (Å²) in [5, 5.41) is -0.163. The van der Waals surface area contributed by atoms with Gasteiger partial charge in [-0.2, -0.15) is 4.99 Å². The van der Waals surface area contributed by atoms with Crippen LogP contribution in [0.4, 0.5) is 8.78 Å². The summed E-state index contributed by atoms with van der Waals surface area (Å²) in [5.41, 5.74) is -1.31. The van der Waals surface area contributed by atoms with Crippen LogP contribution in [0.2, 0.25) is 5.02 Å². The Bertz CT molecular complexity index is 479. The van der Waals surface area contributed by atoms with E-state index in [2.05, 4.69) is 4.99 Å². The summed E-state index contributed by atoms with van der Waals surface area (Å²) < 4.78 is 27.3. The average molecular weight is 244 g/mol. The normalized spacial score (nSPS) is 17.4. The first-order valence-electron chi connectivity index (χ1n) is 4.84. The molecule has 0 amide bonds. The van der Waals surface area contributed by atoms with Gasteiger partial charge in [0, 0.05) is 0 Å². The number of nitrogens with zero attached hydrogens (tertiary/aromatic N) is 1. The van der Waals surface area contributed by atoms with Gasteiger partial charge in [-0.3, -0.25) is 0 Å². The van der Waals surface area contributed by atoms with E-state index in [9.17, 15) is 13.6 Å². The van der Waals surface area contributed by atoms with Crippen LogP contribution in [0.1, 0.15) is 24.8 Å². The van der Waals surface area contributed by atoms with Gasteiger partial charge in [-0.15, -0.1) is 0 Å². The molecule has 1 saturated carbocycles. The molecule has 0 N–H and O–H groups in total. The summed E-state index contributed by atoms with van der Waals surface area (Å²) in [6.45, 7) is 0. The summed E-state index contributed by atoms with van der Waals surface area (Å²) >= 11 is 5.59. The molecule has 0 aromatic heterocycles. The summed E-state index contributed by atoms with van der Waals surface area (Å²) in [5.74, 6) is -1.55. The van der Waals surface area contributed by atoms with Crippen LogP contribution in [0.3, 0.4) is 0 Å². The third-order valence-corrected chi connectivity index (χ3v) is 3.24. The van der Waals surface area contributed by atoms with Crippen LogP contribution >= 0.6 is 11.6 Å². The molecule has 84 valence electrons. The van der Waals surface area contributed by atoms with Crippen LogP contribution < -0.4 is 0 Å². The van der Waals surface area contributed by atoms with Crippen molar-refractivity contribution >= 4 is 17.7 Å². The second kappa shape index (κ2) is 3.96. The zero-order valence-electron chi connectivity index (χ0n) is 8.27. The van der Waals surface area contributed by atoms with Crippen LogP contribution in [0.5, 0.6) is 0 Å². The molecule has 2 nitrogen and oxygen atoms in total. The number of carbonyl (C=O) groups excluding carboxylic acids is 1. The molecule has 16 heavy (non-hydrogen) atoms. The molecular formula is C11H8ClF2NO. The fourth-order valence-corrected chi connectivity index (χ4v) is 2.13. The van der Waals surface area contributed by atoms with E-state index in [4.69, 9.17) is 11.6 Å². The monoisotopic (exact) mass is 243 g/mol. The number of isocyanates is 1. The molecule has 2 rings (SSSR count). The van der Waals surface area contributed by atoms with Crippen molar-refractivity contribution in [3.63, 3.8) is 0 Å². The Balaban J connectivity index is 2.62. The second-order valence-electron chi connectivity index (χ2n) is 3.81. The summed E-state index contributed by atoms with van der Waals surface area (Å²) in [7, 11) is 0. The Morgan fingerprint density at radius 3 is 2.56 bits per heavy atom. The van der Waals surface area contributed by atoms with Gasteiger partial charge in [-0.25, -0.2) is 13.6 Å². The number of hydrogen-bond acceptors (Lipinski definition) is 2. The van der Waals surface area contributed by atoms with Crippen LogP contribution in [0, 0.1) is 11.6 Å². The van der Waals surface area contributed by atoms with Crippen LogP contribution in [0.15, 0.2) is 17.1 Å². The number of benzene rings is 1. The van der Waals surface area contributed by atoms with Gasteiger partial charge >= 0.3 is 0 Å². The molecule has 0 saturated heterocycles. The van der Waals surface area contributed by atoms with Crippen molar-refractivity contribution in [3.8, 4) is 0 Å². The predicted octanol–water partition coefficient (Wildman–Crippen LogP) is 3.33. The Hall–Kier alpha value is -1.25. The first kappa shape index (κ1) is 11.2. The third-order valence-electron chi connectivity index (χ3n) is 2.95. The van der Waals surface area contributed by atoms with E-state index < -0.39 is 17.2 Å². The predicted molar refractivity (Wildman–Crippen MR) is 55.0 cm³/mol. The molecule has 0 atom stereocenters. The van der Waals surface area contributed by atoms with Crippen LogP contribution in [-0.2, 0) is 10.3 Å². The zero-order valence-corrected chi connectivity index (χ0v) is 9.02. The number of rotatable bonds is 2. The Kier molecular flexibility index (Phi) is 2.78. The van der Waals surface area contributed by atoms with Crippen molar-refractivity contribution < 1.29 is 13.6 Å². The van der Waals surface area contributed by atoms with Crippen LogP contribution in [-0.4, -0.2) is 6.08 Å². The lowest BCUT2D eigenvalue weighted by Gasteiger charge is -2.37. The third kappa shape index (κ3) is 1.55. The van der Waals surface area contributed by atoms with E-state index in [-0.39, 0.29) is 10.6 Å². The van der Waals surface area contributed by atoms with E-state index in [0.717, 1.165) is 18.6 Å². The van der Waals surface area contributed by atoms with Gasteiger partial charge < -0.3 is 0 Å². The molecule has 1 aliphatic rings. The highest BCUT2D eigenvalue weighted by atomic mass is 35.5. The van der Waals surface area contributed by atoms with Crippen LogP contribution in [0.25, 0.3) is 0 Å². The fourth-order valence-electron chi connectivity index (χ4n) is 1.97. The summed E-state index contributed by atoms with van der Waals surface area (Å²) in [6.07, 6.45) is 3.04. The lowest BCUT2D eigenvalue weighted by molar-refractivity contribution is 0.238. The standard InChI is InChI=1S/C11H8ClF2NO/c12-7-2-3-8(13)9(10(7)14)11(15-6-16)4-1-5-11/h2-3H,1,4-5H2. The van der Waals surface area contributed by atoms with Gasteiger partial charge in [0.15, 0.2) is 0 Å². The minimum atomic E-state index is -1.10. The molecule has 1 fully saturated rings. The van der Waals surface area contributed by atoms with Crippen molar-refractivity contribution in [2.24, 2.45) is 4.99 Å². The maximum Gasteiger partial charge on any atom is 0.235 e. The molecule has 5 heteroatoms. The second-order valence-corrected chi connectivity index (χ2v) is 4.21. The summed E-state index contributed by atoms with van der Waals surface area (Å²) in [4.78, 5) is 13.9. The molecule has 1 aromatic rings. The van der Waals surface area contributed by atoms with Gasteiger partial charge in [0.25, 0.3) is 0 Å². The highest BCUT2D eigenvalue weighted by molar-refractivity contribution is 6.30. The van der Waals surface area contributed by atoms with Crippen molar-refractivity contribution in [1.29, 1.82) is 0 Å². The first-order valence-corrected chi connectivity index (χ1v) is 5.21. The quantitative estimate of drug-likeness (QED) is 0.445. The van der Waals surface area contributed by atoms with Gasteiger partial charge in [-0.1, -0.05) is 11.6 Å². The fraction of sp³-hybridized carbons (Fsp3) is 0.364. The molecule has 1 aliphatic carbocycles. The molecular weight excluding hydrogens is 236 g/mol. The maximum absolute atomic E-state index is 13.7. The van der Waals surface area contributed by atoms with Crippen molar-refractivity contribution in [2.75, 3.05) is 0 Å². The lowest BCUT2D eigenvalue weighted by Crippen LogP contribution is -2.34. The molecule has 0 spiro atoms. The van der Waals surface area contributed by atoms with Crippen molar-refractivity contribution in [2.45, 2.75) is 24.8 Å².